The van der Waals surface area contributed by atoms with Crippen LogP contribution in [0.5, 0.6) is 0 Å². The van der Waals surface area contributed by atoms with Gasteiger partial charge < -0.3 is 19.4 Å². The van der Waals surface area contributed by atoms with E-state index in [-0.39, 0.29) is 6.10 Å². The minimum atomic E-state index is -1.31. The quantitative estimate of drug-likeness (QED) is 0.342. The van der Waals surface area contributed by atoms with Crippen molar-refractivity contribution in [1.82, 2.24) is 0 Å². The van der Waals surface area contributed by atoms with Crippen LogP contribution in [0.25, 0.3) is 0 Å². The molecule has 0 aromatic rings. The van der Waals surface area contributed by atoms with Gasteiger partial charge in [-0.1, -0.05) is 0 Å². The van der Waals surface area contributed by atoms with Gasteiger partial charge in [0.2, 0.25) is 0 Å². The molecule has 0 saturated carbocycles. The molecule has 0 aliphatic heterocycles. The molecule has 4 nitrogen and oxygen atoms in total. The van der Waals surface area contributed by atoms with Crippen molar-refractivity contribution in [2.24, 2.45) is 5.92 Å². The second-order valence-corrected chi connectivity index (χ2v) is 2.42. The van der Waals surface area contributed by atoms with E-state index in [1.807, 2.05) is 0 Å². The molecule has 0 spiro atoms. The van der Waals surface area contributed by atoms with E-state index in [2.05, 4.69) is 0 Å². The second-order valence-electron chi connectivity index (χ2n) is 2.42. The number of rotatable bonds is 5. The van der Waals surface area contributed by atoms with Gasteiger partial charge in [0.25, 0.3) is 0 Å². The largest absolute Gasteiger partial charge is 0.367 e. The van der Waals surface area contributed by atoms with Crippen LogP contribution in [0.15, 0.2) is 0 Å². The zero-order valence-corrected chi connectivity index (χ0v) is 6.56. The highest BCUT2D eigenvalue weighted by Crippen LogP contribution is 2.02. The highest BCUT2D eigenvalue weighted by Gasteiger charge is 2.18. The van der Waals surface area contributed by atoms with Gasteiger partial charge in [-0.3, -0.25) is 0 Å². The number of ether oxygens (including phenoxy) is 1. The topological polar surface area (TPSA) is 63.6 Å². The van der Waals surface area contributed by atoms with Gasteiger partial charge in [0, 0.05) is 0 Å². The molecule has 4 heteroatoms. The van der Waals surface area contributed by atoms with E-state index < -0.39 is 12.2 Å². The van der Waals surface area contributed by atoms with Gasteiger partial charge in [0.15, 0.2) is 6.29 Å². The summed E-state index contributed by atoms with van der Waals surface area (Å²) in [5.74, 6) is -1.07. The van der Waals surface area contributed by atoms with Crippen molar-refractivity contribution in [3.63, 3.8) is 0 Å². The van der Waals surface area contributed by atoms with Crippen LogP contribution in [-0.2, 0) is 14.3 Å². The van der Waals surface area contributed by atoms with Crippen molar-refractivity contribution in [2.45, 2.75) is 26.2 Å². The van der Waals surface area contributed by atoms with Gasteiger partial charge in [0.05, 0.1) is 6.10 Å². The van der Waals surface area contributed by atoms with Gasteiger partial charge in [0.1, 0.15) is 18.5 Å². The average Bonchev–Trinajstić information content (AvgIpc) is 1.88. The minimum absolute atomic E-state index is 0.201. The van der Waals surface area contributed by atoms with Gasteiger partial charge in [-0.25, -0.2) is 0 Å². The molecular formula is C7H12O4. The molecule has 0 rings (SSSR count). The van der Waals surface area contributed by atoms with E-state index in [0.29, 0.717) is 12.6 Å². The first-order valence-corrected chi connectivity index (χ1v) is 3.36. The predicted octanol–water partition coefficient (Wildman–Crippen LogP) is -0.256. The van der Waals surface area contributed by atoms with E-state index in [1.165, 1.54) is 0 Å². The standard InChI is InChI=1S/C7H12O4/c1-5(2)11-7(10)6(3-8)4-9/h3-7,10H,1-2H3/t7-/m1/s1. The molecule has 0 saturated heterocycles. The average molecular weight is 160 g/mol. The molecule has 11 heavy (non-hydrogen) atoms. The van der Waals surface area contributed by atoms with E-state index in [0.717, 1.165) is 0 Å². The summed E-state index contributed by atoms with van der Waals surface area (Å²) >= 11 is 0. The molecule has 0 aliphatic rings. The fourth-order valence-electron chi connectivity index (χ4n) is 0.536. The number of aldehydes is 2. The van der Waals surface area contributed by atoms with E-state index in [1.54, 1.807) is 13.8 Å². The van der Waals surface area contributed by atoms with Crippen molar-refractivity contribution in [3.8, 4) is 0 Å². The minimum Gasteiger partial charge on any atom is -0.367 e. The molecule has 0 heterocycles. The van der Waals surface area contributed by atoms with Crippen LogP contribution >= 0.6 is 0 Å². The van der Waals surface area contributed by atoms with E-state index in [4.69, 9.17) is 9.84 Å². The molecule has 0 radical (unpaired) electrons. The Balaban J connectivity index is 3.87. The van der Waals surface area contributed by atoms with Gasteiger partial charge in [-0.15, -0.1) is 0 Å². The maximum absolute atomic E-state index is 10.1. The third-order valence-corrected chi connectivity index (χ3v) is 1.06. The van der Waals surface area contributed by atoms with Crippen LogP contribution in [0, 0.1) is 5.92 Å². The Bertz CT molecular complexity index is 124. The summed E-state index contributed by atoms with van der Waals surface area (Å²) in [6.07, 6.45) is -0.794. The predicted molar refractivity (Wildman–Crippen MR) is 37.8 cm³/mol. The maximum Gasteiger partial charge on any atom is 0.171 e. The van der Waals surface area contributed by atoms with Crippen LogP contribution in [0.2, 0.25) is 0 Å². The van der Waals surface area contributed by atoms with Crippen molar-refractivity contribution >= 4 is 12.6 Å². The Morgan fingerprint density at radius 2 is 1.73 bits per heavy atom. The Morgan fingerprint density at radius 1 is 1.27 bits per heavy atom. The molecule has 0 fully saturated rings. The lowest BCUT2D eigenvalue weighted by molar-refractivity contribution is -0.162. The molecule has 0 bridgehead atoms. The lowest BCUT2D eigenvalue weighted by Crippen LogP contribution is -2.28. The fraction of sp³-hybridized carbons (Fsp3) is 0.714. The summed E-state index contributed by atoms with van der Waals surface area (Å²) in [6.45, 7) is 3.41. The summed E-state index contributed by atoms with van der Waals surface area (Å²) in [6, 6.07) is 0. The van der Waals surface area contributed by atoms with Crippen LogP contribution < -0.4 is 0 Å². The third-order valence-electron chi connectivity index (χ3n) is 1.06. The highest BCUT2D eigenvalue weighted by molar-refractivity contribution is 5.77. The molecule has 0 aliphatic carbocycles. The van der Waals surface area contributed by atoms with Crippen LogP contribution in [0.4, 0.5) is 0 Å². The zero-order chi connectivity index (χ0) is 8.85. The SMILES string of the molecule is CC(C)O[C@@H](O)C(C=O)C=O. The first-order chi connectivity index (χ1) is 5.11. The molecule has 0 unspecified atom stereocenters. The van der Waals surface area contributed by atoms with Gasteiger partial charge in [-0.05, 0) is 13.8 Å². The van der Waals surface area contributed by atoms with Crippen molar-refractivity contribution in [1.29, 1.82) is 0 Å². The molecule has 0 aromatic carbocycles. The smallest absolute Gasteiger partial charge is 0.171 e. The van der Waals surface area contributed by atoms with Crippen LogP contribution in [-0.4, -0.2) is 30.1 Å². The fourth-order valence-corrected chi connectivity index (χ4v) is 0.536. The number of hydrogen-bond donors (Lipinski definition) is 1. The summed E-state index contributed by atoms with van der Waals surface area (Å²) in [5.41, 5.74) is 0. The number of aliphatic hydroxyl groups excluding tert-OH is 1. The van der Waals surface area contributed by atoms with Crippen molar-refractivity contribution < 1.29 is 19.4 Å². The maximum atomic E-state index is 10.1. The highest BCUT2D eigenvalue weighted by atomic mass is 16.6. The van der Waals surface area contributed by atoms with Gasteiger partial charge >= 0.3 is 0 Å². The first kappa shape index (κ1) is 10.3. The monoisotopic (exact) mass is 160 g/mol. The number of carbonyl (C=O) groups excluding carboxylic acids is 2. The Morgan fingerprint density at radius 3 is 2.00 bits per heavy atom. The lowest BCUT2D eigenvalue weighted by atomic mass is 10.2. The second kappa shape index (κ2) is 4.98. The number of aliphatic hydroxyl groups is 1. The van der Waals surface area contributed by atoms with Gasteiger partial charge in [-0.2, -0.15) is 0 Å². The summed E-state index contributed by atoms with van der Waals surface area (Å²) in [7, 11) is 0. The Hall–Kier alpha value is -0.740. The Kier molecular flexibility index (Phi) is 4.65. The number of carbonyl (C=O) groups is 2. The first-order valence-electron chi connectivity index (χ1n) is 3.36. The lowest BCUT2D eigenvalue weighted by Gasteiger charge is -2.15. The summed E-state index contributed by atoms with van der Waals surface area (Å²) in [4.78, 5) is 20.2. The molecule has 0 aromatic heterocycles. The van der Waals surface area contributed by atoms with Crippen molar-refractivity contribution in [3.05, 3.63) is 0 Å². The number of hydrogen-bond acceptors (Lipinski definition) is 4. The van der Waals surface area contributed by atoms with Crippen LogP contribution in [0.1, 0.15) is 13.8 Å². The molecule has 64 valence electrons. The van der Waals surface area contributed by atoms with E-state index in [9.17, 15) is 9.59 Å². The molecular weight excluding hydrogens is 148 g/mol. The summed E-state index contributed by atoms with van der Waals surface area (Å²) < 4.78 is 4.79. The zero-order valence-electron chi connectivity index (χ0n) is 6.56. The molecule has 1 atom stereocenters. The third kappa shape index (κ3) is 3.85. The molecule has 0 amide bonds. The molecule has 1 N–H and O–H groups in total. The van der Waals surface area contributed by atoms with Crippen molar-refractivity contribution in [2.75, 3.05) is 0 Å². The Labute approximate surface area is 65.2 Å². The normalized spacial score (nSPS) is 13.5. The van der Waals surface area contributed by atoms with E-state index >= 15 is 0 Å². The van der Waals surface area contributed by atoms with Crippen LogP contribution in [0.3, 0.4) is 0 Å². The summed E-state index contributed by atoms with van der Waals surface area (Å²) in [5, 5.41) is 8.99.